The number of hydrogen-bond acceptors (Lipinski definition) is 4. The molecule has 0 atom stereocenters. The van der Waals surface area contributed by atoms with E-state index in [1.807, 2.05) is 0 Å². The highest BCUT2D eigenvalue weighted by atomic mass is 35.5. The molecule has 4 N–H and O–H groups in total. The van der Waals surface area contributed by atoms with Gasteiger partial charge >= 0.3 is 5.97 Å². The number of carbonyl (C=O) groups is 3. The molecular weight excluding hydrogens is 322 g/mol. The minimum absolute atomic E-state index is 0.0253. The Morgan fingerprint density at radius 1 is 1.04 bits per heavy atom. The average molecular weight is 334 g/mol. The van der Waals surface area contributed by atoms with Gasteiger partial charge in [0.1, 0.15) is 11.3 Å². The first-order chi connectivity index (χ1) is 10.7. The number of carbonyl (C=O) groups excluding carboxylic acids is 2. The number of aromatic carboxylic acids is 1. The van der Waals surface area contributed by atoms with Crippen molar-refractivity contribution in [2.45, 2.75) is 6.92 Å². The second kappa shape index (κ2) is 6.10. The van der Waals surface area contributed by atoms with Gasteiger partial charge in [-0.3, -0.25) is 9.59 Å². The van der Waals surface area contributed by atoms with Crippen LogP contribution in [0.1, 0.15) is 42.2 Å². The molecule has 0 saturated heterocycles. The lowest BCUT2D eigenvalue weighted by Gasteiger charge is -2.08. The summed E-state index contributed by atoms with van der Waals surface area (Å²) in [6, 6.07) is 6.44. The molecule has 0 aliphatic carbocycles. The number of benzene rings is 2. The molecule has 0 unspecified atom stereocenters. The molecule has 0 aromatic heterocycles. The van der Waals surface area contributed by atoms with Gasteiger partial charge in [0.2, 0.25) is 5.91 Å². The summed E-state index contributed by atoms with van der Waals surface area (Å²) in [5.41, 5.74) is 5.36. The van der Waals surface area contributed by atoms with Crippen molar-refractivity contribution in [1.29, 1.82) is 0 Å². The molecule has 118 valence electrons. The third-order valence-corrected chi connectivity index (χ3v) is 3.60. The van der Waals surface area contributed by atoms with E-state index in [0.717, 1.165) is 6.07 Å². The van der Waals surface area contributed by atoms with Crippen LogP contribution >= 0.6 is 11.6 Å². The monoisotopic (exact) mass is 333 g/mol. The van der Waals surface area contributed by atoms with Crippen LogP contribution in [-0.2, 0) is 0 Å². The van der Waals surface area contributed by atoms with Crippen molar-refractivity contribution >= 4 is 29.3 Å². The molecule has 0 heterocycles. The molecule has 0 aliphatic heterocycles. The Morgan fingerprint density at radius 2 is 1.70 bits per heavy atom. The lowest BCUT2D eigenvalue weighted by Crippen LogP contribution is -2.12. The molecule has 0 spiro atoms. The van der Waals surface area contributed by atoms with Gasteiger partial charge in [-0.15, -0.1) is 0 Å². The molecule has 2 rings (SSSR count). The molecule has 2 aromatic rings. The standard InChI is InChI=1S/C16H12ClNO5/c1-7-4-9(5-11(13(7)19)16(22)23)14(20)8-2-3-10(15(18)21)12(17)6-8/h2-6,19H,1H3,(H2,18,21)(H,22,23). The SMILES string of the molecule is Cc1cc(C(=O)c2ccc(C(N)=O)c(Cl)c2)cc(C(=O)O)c1O. The molecular formula is C16H12ClNO5. The van der Waals surface area contributed by atoms with Crippen LogP contribution in [0.3, 0.4) is 0 Å². The molecule has 0 radical (unpaired) electrons. The van der Waals surface area contributed by atoms with Crippen molar-refractivity contribution < 1.29 is 24.6 Å². The van der Waals surface area contributed by atoms with Gasteiger partial charge < -0.3 is 15.9 Å². The van der Waals surface area contributed by atoms with Crippen LogP contribution in [0.25, 0.3) is 0 Å². The Hall–Kier alpha value is -2.86. The molecule has 0 bridgehead atoms. The van der Waals surface area contributed by atoms with E-state index in [9.17, 15) is 19.5 Å². The number of rotatable bonds is 4. The Morgan fingerprint density at radius 3 is 2.22 bits per heavy atom. The molecule has 0 aliphatic rings. The number of phenols is 1. The summed E-state index contributed by atoms with van der Waals surface area (Å²) in [5.74, 6) is -2.95. The lowest BCUT2D eigenvalue weighted by atomic mass is 9.97. The maximum absolute atomic E-state index is 12.5. The highest BCUT2D eigenvalue weighted by Gasteiger charge is 2.19. The summed E-state index contributed by atoms with van der Waals surface area (Å²) in [6.07, 6.45) is 0. The van der Waals surface area contributed by atoms with Crippen LogP contribution in [0.2, 0.25) is 5.02 Å². The van der Waals surface area contributed by atoms with Crippen LogP contribution in [0.5, 0.6) is 5.75 Å². The van der Waals surface area contributed by atoms with Gasteiger partial charge in [-0.1, -0.05) is 17.7 Å². The second-order valence-electron chi connectivity index (χ2n) is 4.88. The molecule has 2 aromatic carbocycles. The van der Waals surface area contributed by atoms with Crippen LogP contribution in [0, 0.1) is 6.92 Å². The van der Waals surface area contributed by atoms with Crippen molar-refractivity contribution in [3.8, 4) is 5.75 Å². The summed E-state index contributed by atoms with van der Waals surface area (Å²) in [4.78, 5) is 34.7. The zero-order valence-electron chi connectivity index (χ0n) is 12.0. The highest BCUT2D eigenvalue weighted by Crippen LogP contribution is 2.26. The summed E-state index contributed by atoms with van der Waals surface area (Å²) < 4.78 is 0. The van der Waals surface area contributed by atoms with Crippen molar-refractivity contribution in [2.24, 2.45) is 5.73 Å². The van der Waals surface area contributed by atoms with Gasteiger partial charge in [-0.2, -0.15) is 0 Å². The molecule has 0 fully saturated rings. The third-order valence-electron chi connectivity index (χ3n) is 3.29. The van der Waals surface area contributed by atoms with Gasteiger partial charge in [0.15, 0.2) is 5.78 Å². The topological polar surface area (TPSA) is 118 Å². The van der Waals surface area contributed by atoms with Crippen LogP contribution in [0.4, 0.5) is 0 Å². The number of carboxylic acids is 1. The molecule has 23 heavy (non-hydrogen) atoms. The van der Waals surface area contributed by atoms with Crippen LogP contribution in [-0.4, -0.2) is 27.9 Å². The number of carboxylic acid groups (broad SMARTS) is 1. The summed E-state index contributed by atoms with van der Waals surface area (Å²) in [5, 5.41) is 18.8. The van der Waals surface area contributed by atoms with E-state index >= 15 is 0 Å². The predicted octanol–water partition coefficient (Wildman–Crippen LogP) is 2.38. The Kier molecular flexibility index (Phi) is 4.38. The number of hydrogen-bond donors (Lipinski definition) is 3. The molecule has 1 amide bonds. The van der Waals surface area contributed by atoms with E-state index in [-0.39, 0.29) is 32.8 Å². The maximum Gasteiger partial charge on any atom is 0.339 e. The number of amides is 1. The fourth-order valence-corrected chi connectivity index (χ4v) is 2.37. The van der Waals surface area contributed by atoms with Crippen molar-refractivity contribution in [1.82, 2.24) is 0 Å². The van der Waals surface area contributed by atoms with E-state index in [0.29, 0.717) is 0 Å². The Balaban J connectivity index is 2.51. The Bertz CT molecular complexity index is 845. The van der Waals surface area contributed by atoms with Crippen molar-refractivity contribution in [2.75, 3.05) is 0 Å². The van der Waals surface area contributed by atoms with E-state index in [1.165, 1.54) is 31.2 Å². The summed E-state index contributed by atoms with van der Waals surface area (Å²) in [7, 11) is 0. The highest BCUT2D eigenvalue weighted by molar-refractivity contribution is 6.34. The molecule has 0 saturated carbocycles. The average Bonchev–Trinajstić information content (AvgIpc) is 2.48. The number of ketones is 1. The largest absolute Gasteiger partial charge is 0.507 e. The normalized spacial score (nSPS) is 10.3. The first kappa shape index (κ1) is 16.5. The van der Waals surface area contributed by atoms with Gasteiger partial charge in [-0.25, -0.2) is 4.79 Å². The first-order valence-electron chi connectivity index (χ1n) is 6.43. The van der Waals surface area contributed by atoms with Crippen LogP contribution < -0.4 is 5.73 Å². The van der Waals surface area contributed by atoms with Gasteiger partial charge in [0.25, 0.3) is 0 Å². The quantitative estimate of drug-likeness (QED) is 0.742. The van der Waals surface area contributed by atoms with Gasteiger partial charge in [-0.05, 0) is 36.8 Å². The second-order valence-corrected chi connectivity index (χ2v) is 5.29. The van der Waals surface area contributed by atoms with Gasteiger partial charge in [0, 0.05) is 11.1 Å². The maximum atomic E-state index is 12.5. The minimum atomic E-state index is -1.35. The van der Waals surface area contributed by atoms with E-state index < -0.39 is 23.4 Å². The predicted molar refractivity (Wildman–Crippen MR) is 83.2 cm³/mol. The van der Waals surface area contributed by atoms with Crippen LogP contribution in [0.15, 0.2) is 30.3 Å². The fourth-order valence-electron chi connectivity index (χ4n) is 2.10. The number of halogens is 1. The number of primary amides is 1. The zero-order chi connectivity index (χ0) is 17.3. The fraction of sp³-hybridized carbons (Fsp3) is 0.0625. The van der Waals surface area contributed by atoms with Crippen molar-refractivity contribution in [3.63, 3.8) is 0 Å². The molecule has 6 nitrogen and oxygen atoms in total. The number of aryl methyl sites for hydroxylation is 1. The minimum Gasteiger partial charge on any atom is -0.507 e. The summed E-state index contributed by atoms with van der Waals surface area (Å²) in [6.45, 7) is 1.49. The molecule has 7 heteroatoms. The van der Waals surface area contributed by atoms with E-state index in [1.54, 1.807) is 0 Å². The third kappa shape index (κ3) is 3.17. The number of aromatic hydroxyl groups is 1. The van der Waals surface area contributed by atoms with E-state index in [4.69, 9.17) is 22.4 Å². The first-order valence-corrected chi connectivity index (χ1v) is 6.81. The van der Waals surface area contributed by atoms with Crippen molar-refractivity contribution in [3.05, 3.63) is 63.2 Å². The van der Waals surface area contributed by atoms with E-state index in [2.05, 4.69) is 0 Å². The summed E-state index contributed by atoms with van der Waals surface area (Å²) >= 11 is 5.91. The Labute approximate surface area is 136 Å². The lowest BCUT2D eigenvalue weighted by molar-refractivity contribution is 0.0693. The zero-order valence-corrected chi connectivity index (χ0v) is 12.7. The van der Waals surface area contributed by atoms with Gasteiger partial charge in [0.05, 0.1) is 10.6 Å². The smallest absolute Gasteiger partial charge is 0.339 e. The number of nitrogens with two attached hydrogens (primary N) is 1.